The van der Waals surface area contributed by atoms with Gasteiger partial charge in [-0.15, -0.1) is 11.8 Å². The minimum atomic E-state index is -0.108. The van der Waals surface area contributed by atoms with Crippen molar-refractivity contribution in [3.63, 3.8) is 0 Å². The highest BCUT2D eigenvalue weighted by Crippen LogP contribution is 2.26. The maximum atomic E-state index is 6.12. The summed E-state index contributed by atoms with van der Waals surface area (Å²) >= 11 is 1.84. The fourth-order valence-corrected chi connectivity index (χ4v) is 2.42. The van der Waals surface area contributed by atoms with Crippen LogP contribution in [0.1, 0.15) is 24.9 Å². The van der Waals surface area contributed by atoms with Gasteiger partial charge in [0.1, 0.15) is 5.76 Å². The van der Waals surface area contributed by atoms with Gasteiger partial charge in [0.25, 0.3) is 0 Å². The molecular weight excluding hydrogens is 218 g/mol. The fraction of sp³-hybridized carbons (Fsp3) is 0.385. The monoisotopic (exact) mass is 235 g/mol. The zero-order valence-corrected chi connectivity index (χ0v) is 10.3. The molecule has 16 heavy (non-hydrogen) atoms. The first-order chi connectivity index (χ1) is 7.81. The Balaban J connectivity index is 2.08. The molecule has 0 amide bonds. The van der Waals surface area contributed by atoms with E-state index < -0.39 is 0 Å². The van der Waals surface area contributed by atoms with Crippen molar-refractivity contribution in [3.8, 4) is 0 Å². The van der Waals surface area contributed by atoms with Crippen LogP contribution in [-0.2, 0) is 4.74 Å². The van der Waals surface area contributed by atoms with Crippen molar-refractivity contribution in [2.75, 3.05) is 12.4 Å². The molecule has 3 heteroatoms. The minimum absolute atomic E-state index is 0.108. The standard InChI is InChI=1S/C13H17NOS/c1-2-16-11-7-5-10(6-8-11)13(14)12-4-3-9-15-12/h4-8,13H,2-3,9,14H2,1H3. The van der Waals surface area contributed by atoms with Gasteiger partial charge < -0.3 is 10.5 Å². The van der Waals surface area contributed by atoms with Gasteiger partial charge in [-0.2, -0.15) is 0 Å². The Kier molecular flexibility index (Phi) is 3.91. The van der Waals surface area contributed by atoms with Crippen molar-refractivity contribution in [2.24, 2.45) is 5.73 Å². The molecule has 86 valence electrons. The predicted octanol–water partition coefficient (Wildman–Crippen LogP) is 3.10. The average Bonchev–Trinajstić information content (AvgIpc) is 2.83. The van der Waals surface area contributed by atoms with E-state index in [-0.39, 0.29) is 6.04 Å². The summed E-state index contributed by atoms with van der Waals surface area (Å²) in [6, 6.07) is 8.32. The van der Waals surface area contributed by atoms with E-state index in [1.165, 1.54) is 4.90 Å². The molecule has 0 saturated carbocycles. The molecule has 0 fully saturated rings. The molecule has 1 aliphatic rings. The first-order valence-electron chi connectivity index (χ1n) is 5.62. The number of hydrogen-bond donors (Lipinski definition) is 1. The van der Waals surface area contributed by atoms with Crippen LogP contribution in [0.15, 0.2) is 41.0 Å². The molecule has 0 aliphatic carbocycles. The normalized spacial score (nSPS) is 16.8. The first-order valence-corrected chi connectivity index (χ1v) is 6.61. The third kappa shape index (κ3) is 2.60. The largest absolute Gasteiger partial charge is 0.496 e. The Hall–Kier alpha value is -0.930. The van der Waals surface area contributed by atoms with Gasteiger partial charge in [-0.25, -0.2) is 0 Å². The molecule has 0 aromatic heterocycles. The molecule has 1 aromatic carbocycles. The van der Waals surface area contributed by atoms with Gasteiger partial charge in [0, 0.05) is 11.3 Å². The summed E-state index contributed by atoms with van der Waals surface area (Å²) < 4.78 is 5.48. The number of nitrogens with two attached hydrogens (primary N) is 1. The molecule has 0 saturated heterocycles. The van der Waals surface area contributed by atoms with Crippen LogP contribution in [0.25, 0.3) is 0 Å². The van der Waals surface area contributed by atoms with Gasteiger partial charge in [0.05, 0.1) is 12.6 Å². The Morgan fingerprint density at radius 2 is 2.12 bits per heavy atom. The summed E-state index contributed by atoms with van der Waals surface area (Å²) in [5.74, 6) is 2.01. The molecule has 1 aliphatic heterocycles. The van der Waals surface area contributed by atoms with Crippen molar-refractivity contribution >= 4 is 11.8 Å². The number of thioether (sulfide) groups is 1. The summed E-state index contributed by atoms with van der Waals surface area (Å²) in [7, 11) is 0. The van der Waals surface area contributed by atoms with Crippen LogP contribution in [0.3, 0.4) is 0 Å². The first kappa shape index (κ1) is 11.6. The molecule has 1 aromatic rings. The van der Waals surface area contributed by atoms with Gasteiger partial charge in [0.2, 0.25) is 0 Å². The van der Waals surface area contributed by atoms with Gasteiger partial charge >= 0.3 is 0 Å². The van der Waals surface area contributed by atoms with E-state index in [0.717, 1.165) is 30.1 Å². The van der Waals surface area contributed by atoms with Crippen LogP contribution < -0.4 is 5.73 Å². The zero-order valence-electron chi connectivity index (χ0n) is 9.48. The molecule has 1 atom stereocenters. The summed E-state index contributed by atoms with van der Waals surface area (Å²) in [5, 5.41) is 0. The predicted molar refractivity (Wildman–Crippen MR) is 68.4 cm³/mol. The zero-order chi connectivity index (χ0) is 11.4. The highest BCUT2D eigenvalue weighted by molar-refractivity contribution is 7.99. The van der Waals surface area contributed by atoms with Gasteiger partial charge in [-0.1, -0.05) is 19.1 Å². The van der Waals surface area contributed by atoms with Crippen LogP contribution in [0.4, 0.5) is 0 Å². The summed E-state index contributed by atoms with van der Waals surface area (Å²) in [4.78, 5) is 1.29. The summed E-state index contributed by atoms with van der Waals surface area (Å²) in [6.07, 6.45) is 3.06. The van der Waals surface area contributed by atoms with Gasteiger partial charge in [-0.3, -0.25) is 0 Å². The third-order valence-electron chi connectivity index (χ3n) is 2.59. The topological polar surface area (TPSA) is 35.2 Å². The number of benzene rings is 1. The molecule has 1 heterocycles. The SMILES string of the molecule is CCSc1ccc(C(N)C2=CCCO2)cc1. The number of hydrogen-bond acceptors (Lipinski definition) is 3. The van der Waals surface area contributed by atoms with E-state index in [4.69, 9.17) is 10.5 Å². The lowest BCUT2D eigenvalue weighted by molar-refractivity contribution is 0.225. The Morgan fingerprint density at radius 3 is 2.69 bits per heavy atom. The molecule has 2 nitrogen and oxygen atoms in total. The maximum absolute atomic E-state index is 6.12. The lowest BCUT2D eigenvalue weighted by atomic mass is 10.1. The van der Waals surface area contributed by atoms with Crippen LogP contribution in [-0.4, -0.2) is 12.4 Å². The van der Waals surface area contributed by atoms with Crippen molar-refractivity contribution < 1.29 is 4.74 Å². The summed E-state index contributed by atoms with van der Waals surface area (Å²) in [5.41, 5.74) is 7.24. The molecule has 0 radical (unpaired) electrons. The minimum Gasteiger partial charge on any atom is -0.496 e. The number of ether oxygens (including phenoxy) is 1. The fourth-order valence-electron chi connectivity index (χ4n) is 1.76. The Bertz CT molecular complexity index is 372. The van der Waals surface area contributed by atoms with Crippen molar-refractivity contribution in [2.45, 2.75) is 24.3 Å². The molecule has 0 spiro atoms. The quantitative estimate of drug-likeness (QED) is 0.814. The van der Waals surface area contributed by atoms with E-state index in [1.807, 2.05) is 11.8 Å². The smallest absolute Gasteiger partial charge is 0.113 e. The van der Waals surface area contributed by atoms with E-state index >= 15 is 0 Å². The van der Waals surface area contributed by atoms with E-state index in [9.17, 15) is 0 Å². The second-order valence-electron chi connectivity index (χ2n) is 3.72. The highest BCUT2D eigenvalue weighted by atomic mass is 32.2. The van der Waals surface area contributed by atoms with Gasteiger partial charge in [-0.05, 0) is 29.5 Å². The van der Waals surface area contributed by atoms with Crippen molar-refractivity contribution in [1.29, 1.82) is 0 Å². The number of rotatable bonds is 4. The van der Waals surface area contributed by atoms with Gasteiger partial charge in [0.15, 0.2) is 0 Å². The molecule has 1 unspecified atom stereocenters. The molecular formula is C13H17NOS. The third-order valence-corrected chi connectivity index (χ3v) is 3.48. The van der Waals surface area contributed by atoms with E-state index in [1.54, 1.807) is 0 Å². The van der Waals surface area contributed by atoms with Crippen LogP contribution in [0.5, 0.6) is 0 Å². The lowest BCUT2D eigenvalue weighted by Crippen LogP contribution is -2.13. The molecule has 2 N–H and O–H groups in total. The Labute approximate surface area is 101 Å². The highest BCUT2D eigenvalue weighted by Gasteiger charge is 2.16. The summed E-state index contributed by atoms with van der Waals surface area (Å²) in [6.45, 7) is 2.92. The lowest BCUT2D eigenvalue weighted by Gasteiger charge is -2.13. The van der Waals surface area contributed by atoms with Crippen molar-refractivity contribution in [3.05, 3.63) is 41.7 Å². The van der Waals surface area contributed by atoms with Crippen LogP contribution in [0.2, 0.25) is 0 Å². The molecule has 0 bridgehead atoms. The average molecular weight is 235 g/mol. The van der Waals surface area contributed by atoms with E-state index in [2.05, 4.69) is 37.3 Å². The second-order valence-corrected chi connectivity index (χ2v) is 5.06. The maximum Gasteiger partial charge on any atom is 0.113 e. The van der Waals surface area contributed by atoms with Crippen LogP contribution >= 0.6 is 11.8 Å². The van der Waals surface area contributed by atoms with Crippen LogP contribution in [0, 0.1) is 0 Å². The molecule has 2 rings (SSSR count). The Morgan fingerprint density at radius 1 is 1.38 bits per heavy atom. The van der Waals surface area contributed by atoms with Crippen molar-refractivity contribution in [1.82, 2.24) is 0 Å². The second kappa shape index (κ2) is 5.41. The van der Waals surface area contributed by atoms with E-state index in [0.29, 0.717) is 0 Å².